The van der Waals surface area contributed by atoms with Crippen LogP contribution in [0.4, 0.5) is 0 Å². The summed E-state index contributed by atoms with van der Waals surface area (Å²) in [6.07, 6.45) is 13.8. The van der Waals surface area contributed by atoms with Crippen LogP contribution in [0.25, 0.3) is 6.08 Å². The van der Waals surface area contributed by atoms with Crippen LogP contribution in [-0.4, -0.2) is 11.1 Å². The summed E-state index contributed by atoms with van der Waals surface area (Å²) in [4.78, 5) is 10.6. The molecule has 0 fully saturated rings. The molecule has 0 aliphatic heterocycles. The lowest BCUT2D eigenvalue weighted by atomic mass is 9.63. The molecule has 1 aromatic carbocycles. The lowest BCUT2D eigenvalue weighted by Gasteiger charge is -2.42. The third-order valence-electron chi connectivity index (χ3n) is 6.04. The van der Waals surface area contributed by atoms with Crippen molar-refractivity contribution in [3.8, 4) is 0 Å². The molecule has 0 bridgehead atoms. The van der Waals surface area contributed by atoms with Gasteiger partial charge in [-0.05, 0) is 59.1 Å². The van der Waals surface area contributed by atoms with E-state index in [1.807, 2.05) is 0 Å². The van der Waals surface area contributed by atoms with Gasteiger partial charge in [-0.2, -0.15) is 0 Å². The van der Waals surface area contributed by atoms with Gasteiger partial charge in [-0.15, -0.1) is 0 Å². The number of allylic oxidation sites excluding steroid dienone is 4. The van der Waals surface area contributed by atoms with E-state index in [4.69, 9.17) is 5.11 Å². The van der Waals surface area contributed by atoms with Gasteiger partial charge in [0.1, 0.15) is 0 Å². The van der Waals surface area contributed by atoms with Gasteiger partial charge in [-0.1, -0.05) is 89.6 Å². The van der Waals surface area contributed by atoms with E-state index in [-0.39, 0.29) is 10.8 Å². The summed E-state index contributed by atoms with van der Waals surface area (Å²) in [5.41, 5.74) is 5.99. The molecule has 2 rings (SSSR count). The van der Waals surface area contributed by atoms with Gasteiger partial charge in [0.15, 0.2) is 0 Å². The first-order chi connectivity index (χ1) is 13.0. The number of hydrogen-bond donors (Lipinski definition) is 1. The first-order valence-corrected chi connectivity index (χ1v) is 10.5. The molecule has 2 heteroatoms. The van der Waals surface area contributed by atoms with E-state index in [2.05, 4.69) is 78.0 Å². The third kappa shape index (κ3) is 5.70. The summed E-state index contributed by atoms with van der Waals surface area (Å²) in [7, 11) is 0. The number of fused-ring (bicyclic) bond motifs is 1. The highest BCUT2D eigenvalue weighted by molar-refractivity contribution is 5.79. The Morgan fingerprint density at radius 3 is 2.36 bits per heavy atom. The van der Waals surface area contributed by atoms with Gasteiger partial charge < -0.3 is 5.11 Å². The van der Waals surface area contributed by atoms with Gasteiger partial charge in [0, 0.05) is 6.08 Å². The second-order valence-corrected chi connectivity index (χ2v) is 9.45. The van der Waals surface area contributed by atoms with E-state index in [1.54, 1.807) is 6.08 Å². The SMILES string of the molecule is CCC(/C=C/c1ccc2c(c1)C(C)(C)CCC2(C)C)=C\C(C)C/C=C/C(=O)O. The first-order valence-electron chi connectivity index (χ1n) is 10.5. The molecular weight excluding hydrogens is 344 g/mol. The van der Waals surface area contributed by atoms with Crippen LogP contribution in [0, 0.1) is 5.92 Å². The zero-order valence-electron chi connectivity index (χ0n) is 18.4. The second-order valence-electron chi connectivity index (χ2n) is 9.45. The molecule has 0 aromatic heterocycles. The number of carboxylic acid groups (broad SMARTS) is 1. The van der Waals surface area contributed by atoms with Crippen molar-refractivity contribution in [2.75, 3.05) is 0 Å². The lowest BCUT2D eigenvalue weighted by Crippen LogP contribution is -2.33. The third-order valence-corrected chi connectivity index (χ3v) is 6.04. The Labute approximate surface area is 171 Å². The molecule has 0 saturated carbocycles. The average Bonchev–Trinajstić information content (AvgIpc) is 2.62. The van der Waals surface area contributed by atoms with Crippen LogP contribution in [0.5, 0.6) is 0 Å². The molecule has 0 amide bonds. The van der Waals surface area contributed by atoms with E-state index >= 15 is 0 Å². The molecule has 0 heterocycles. The summed E-state index contributed by atoms with van der Waals surface area (Å²) in [5.74, 6) is -0.566. The minimum Gasteiger partial charge on any atom is -0.478 e. The van der Waals surface area contributed by atoms with Crippen LogP contribution >= 0.6 is 0 Å². The highest BCUT2D eigenvalue weighted by atomic mass is 16.4. The molecule has 152 valence electrons. The Balaban J connectivity index is 2.21. The molecule has 28 heavy (non-hydrogen) atoms. The number of rotatable bonds is 7. The van der Waals surface area contributed by atoms with Crippen molar-refractivity contribution in [3.05, 3.63) is 64.8 Å². The smallest absolute Gasteiger partial charge is 0.327 e. The first kappa shape index (κ1) is 22.2. The summed E-state index contributed by atoms with van der Waals surface area (Å²) < 4.78 is 0. The quantitative estimate of drug-likeness (QED) is 0.406. The van der Waals surface area contributed by atoms with Gasteiger partial charge in [0.05, 0.1) is 0 Å². The van der Waals surface area contributed by atoms with Crippen molar-refractivity contribution in [2.45, 2.75) is 78.1 Å². The largest absolute Gasteiger partial charge is 0.478 e. The standard InChI is InChI=1S/C26H36O2/c1-7-20(17-19(2)9-8-10-24(27)28)11-12-21-13-14-22-23(18-21)26(5,6)16-15-25(22,3)4/h8,10-14,17-19H,7,9,15-16H2,1-6H3,(H,27,28)/b10-8+,12-11+,20-17+. The average molecular weight is 381 g/mol. The van der Waals surface area contributed by atoms with Crippen molar-refractivity contribution in [1.82, 2.24) is 0 Å². The minimum atomic E-state index is -0.884. The summed E-state index contributed by atoms with van der Waals surface area (Å²) >= 11 is 0. The fourth-order valence-electron chi connectivity index (χ4n) is 4.02. The molecule has 1 aliphatic carbocycles. The lowest BCUT2D eigenvalue weighted by molar-refractivity contribution is -0.131. The van der Waals surface area contributed by atoms with Crippen LogP contribution in [-0.2, 0) is 15.6 Å². The van der Waals surface area contributed by atoms with Gasteiger partial charge in [-0.25, -0.2) is 4.79 Å². The van der Waals surface area contributed by atoms with Crippen molar-refractivity contribution < 1.29 is 9.90 Å². The summed E-state index contributed by atoms with van der Waals surface area (Å²) in [6, 6.07) is 6.94. The van der Waals surface area contributed by atoms with Crippen LogP contribution < -0.4 is 0 Å². The molecular formula is C26H36O2. The van der Waals surface area contributed by atoms with Crippen molar-refractivity contribution in [1.29, 1.82) is 0 Å². The maximum absolute atomic E-state index is 10.6. The van der Waals surface area contributed by atoms with Crippen LogP contribution in [0.2, 0.25) is 0 Å². The number of aliphatic carboxylic acids is 1. The minimum absolute atomic E-state index is 0.225. The van der Waals surface area contributed by atoms with Crippen LogP contribution in [0.15, 0.2) is 48.1 Å². The van der Waals surface area contributed by atoms with Crippen molar-refractivity contribution >= 4 is 12.0 Å². The van der Waals surface area contributed by atoms with E-state index in [0.29, 0.717) is 5.92 Å². The Bertz CT molecular complexity index is 791. The van der Waals surface area contributed by atoms with Gasteiger partial charge in [0.25, 0.3) is 0 Å². The van der Waals surface area contributed by atoms with Crippen LogP contribution in [0.3, 0.4) is 0 Å². The molecule has 1 aliphatic rings. The second kappa shape index (κ2) is 8.94. The Morgan fingerprint density at radius 2 is 1.75 bits per heavy atom. The molecule has 0 spiro atoms. The van der Waals surface area contributed by atoms with E-state index in [9.17, 15) is 4.79 Å². The fourth-order valence-corrected chi connectivity index (χ4v) is 4.02. The number of carboxylic acids is 1. The molecule has 0 saturated heterocycles. The van der Waals surface area contributed by atoms with Crippen LogP contribution in [0.1, 0.15) is 83.9 Å². The van der Waals surface area contributed by atoms with E-state index in [1.165, 1.54) is 41.2 Å². The fraction of sp³-hybridized carbons (Fsp3) is 0.500. The predicted molar refractivity (Wildman–Crippen MR) is 120 cm³/mol. The van der Waals surface area contributed by atoms with Gasteiger partial charge in [0.2, 0.25) is 0 Å². The molecule has 1 N–H and O–H groups in total. The number of benzene rings is 1. The molecule has 1 aromatic rings. The maximum atomic E-state index is 10.6. The highest BCUT2D eigenvalue weighted by Gasteiger charge is 2.36. The Kier molecular flexibility index (Phi) is 7.09. The normalized spacial score (nSPS) is 19.7. The topological polar surface area (TPSA) is 37.3 Å². The zero-order chi connectivity index (χ0) is 20.9. The van der Waals surface area contributed by atoms with Crippen molar-refractivity contribution in [3.63, 3.8) is 0 Å². The molecule has 1 unspecified atom stereocenters. The zero-order valence-corrected chi connectivity index (χ0v) is 18.4. The predicted octanol–water partition coefficient (Wildman–Crippen LogP) is 7.05. The molecule has 1 atom stereocenters. The number of hydrogen-bond acceptors (Lipinski definition) is 1. The van der Waals surface area contributed by atoms with E-state index < -0.39 is 5.97 Å². The Morgan fingerprint density at radius 1 is 1.11 bits per heavy atom. The Hall–Kier alpha value is -2.09. The number of carbonyl (C=O) groups is 1. The maximum Gasteiger partial charge on any atom is 0.327 e. The highest BCUT2D eigenvalue weighted by Crippen LogP contribution is 2.46. The monoisotopic (exact) mass is 380 g/mol. The van der Waals surface area contributed by atoms with Gasteiger partial charge >= 0.3 is 5.97 Å². The summed E-state index contributed by atoms with van der Waals surface area (Å²) in [5, 5.41) is 8.70. The summed E-state index contributed by atoms with van der Waals surface area (Å²) in [6.45, 7) is 13.7. The van der Waals surface area contributed by atoms with Gasteiger partial charge in [-0.3, -0.25) is 0 Å². The van der Waals surface area contributed by atoms with E-state index in [0.717, 1.165) is 12.8 Å². The molecule has 0 radical (unpaired) electrons. The van der Waals surface area contributed by atoms with Crippen molar-refractivity contribution in [2.24, 2.45) is 5.92 Å². The molecule has 2 nitrogen and oxygen atoms in total.